The number of aromatic nitrogens is 1. The highest BCUT2D eigenvalue weighted by Gasteiger charge is 2.80. The first-order valence-electron chi connectivity index (χ1n) is 34.1. The van der Waals surface area contributed by atoms with Crippen molar-refractivity contribution in [2.45, 2.75) is 196 Å². The normalized spacial score (nSPS) is 31.2. The zero-order chi connectivity index (χ0) is 68.6. The third-order valence-electron chi connectivity index (χ3n) is 27.2. The van der Waals surface area contributed by atoms with E-state index in [1.54, 1.807) is 36.4 Å². The van der Waals surface area contributed by atoms with Crippen molar-refractivity contribution < 1.29 is 85.7 Å². The average molecular weight is 1310 g/mol. The first kappa shape index (κ1) is 63.6. The Morgan fingerprint density at radius 1 is 0.365 bits per heavy atom. The van der Waals surface area contributed by atoms with Gasteiger partial charge in [0.15, 0.2) is 0 Å². The molecule has 15 rings (SSSR count). The van der Waals surface area contributed by atoms with Crippen LogP contribution in [0.5, 0.6) is 34.5 Å². The molecule has 1 aromatic heterocycles. The maximum atomic E-state index is 15.6. The molecule has 8 aliphatic rings. The quantitative estimate of drug-likeness (QED) is 0.0287. The van der Waals surface area contributed by atoms with Gasteiger partial charge in [0, 0.05) is 93.6 Å². The van der Waals surface area contributed by atoms with E-state index < -0.39 is 113 Å². The summed E-state index contributed by atoms with van der Waals surface area (Å²) in [6, 6.07) is 17.5. The van der Waals surface area contributed by atoms with Gasteiger partial charge in [0.25, 0.3) is 0 Å². The molecular weight excluding hydrogens is 1230 g/mol. The number of ether oxygens (including phenoxy) is 10. The van der Waals surface area contributed by atoms with Crippen molar-refractivity contribution in [3.05, 3.63) is 60.7 Å². The molecule has 7 aromatic rings. The van der Waals surface area contributed by atoms with Crippen LogP contribution in [0.1, 0.15) is 174 Å². The molecule has 5 heterocycles. The Bertz CT molecular complexity index is 4490. The van der Waals surface area contributed by atoms with Gasteiger partial charge in [-0.2, -0.15) is 0 Å². The monoisotopic (exact) mass is 1310 g/mol. The second-order valence-electron chi connectivity index (χ2n) is 31.7. The van der Waals surface area contributed by atoms with Crippen LogP contribution >= 0.6 is 0 Å². The number of aryl methyl sites for hydroxylation is 1. The van der Waals surface area contributed by atoms with Gasteiger partial charge in [0.1, 0.15) is 34.5 Å². The largest absolute Gasteiger partial charge is 0.493 e. The molecule has 8 bridgehead atoms. The summed E-state index contributed by atoms with van der Waals surface area (Å²) in [6.07, 6.45) is 5.26. The molecule has 8 atom stereocenters. The average Bonchev–Trinajstić information content (AvgIpc) is 1.51. The van der Waals surface area contributed by atoms with Gasteiger partial charge in [-0.15, -0.1) is 0 Å². The molecule has 6 aromatic carbocycles. The van der Waals surface area contributed by atoms with Crippen LogP contribution in [0, 0.1) is 43.3 Å². The standard InChI is InChI=1S/C77H83NO18/c1-16-18-36-87-50-38-42-46(89-62(83)74-32-28-70(11,58(79)93-74)66(74,3)4)24-26-48(91-64(85)76-34-30-72(13,60(81)95-76)68(76,7)8)52(42)54-40(50)20-22-44-56(54)57-45(78(44)15)23-21-41-51(88-37-19-17-2)39-43-47(90-63(84)75-33-29-71(12,59(80)94-75)67(75,5)6)25-27-49(53(43)55(41)57)92-65(86)77-35-31-73(14,61(82)96-77)69(77,9)10/h20-27,38-39H,16-19,28-37H2,1-15H3/t70-,71-,72-,73-,74+,75+,76+,77+/m0/s1. The van der Waals surface area contributed by atoms with E-state index in [-0.39, 0.29) is 72.7 Å². The summed E-state index contributed by atoms with van der Waals surface area (Å²) in [4.78, 5) is 117. The van der Waals surface area contributed by atoms with Crippen molar-refractivity contribution in [1.82, 2.24) is 4.57 Å². The van der Waals surface area contributed by atoms with Gasteiger partial charge >= 0.3 is 47.8 Å². The van der Waals surface area contributed by atoms with Crippen molar-refractivity contribution in [3.8, 4) is 34.5 Å². The Balaban J connectivity index is 1.06. The summed E-state index contributed by atoms with van der Waals surface area (Å²) in [5.41, 5.74) is -13.3. The summed E-state index contributed by atoms with van der Waals surface area (Å²) < 4.78 is 67.3. The Kier molecular flexibility index (Phi) is 13.1. The maximum absolute atomic E-state index is 15.6. The van der Waals surface area contributed by atoms with Crippen LogP contribution in [-0.2, 0) is 64.4 Å². The lowest BCUT2D eigenvalue weighted by Crippen LogP contribution is -2.50. The molecule has 4 saturated carbocycles. The number of esters is 8. The Morgan fingerprint density at radius 2 is 0.646 bits per heavy atom. The fourth-order valence-corrected chi connectivity index (χ4v) is 18.5. The summed E-state index contributed by atoms with van der Waals surface area (Å²) in [5, 5.41) is 4.31. The Hall–Kier alpha value is -8.48. The van der Waals surface area contributed by atoms with E-state index in [1.807, 2.05) is 133 Å². The molecule has 19 nitrogen and oxygen atoms in total. The molecule has 0 radical (unpaired) electrons. The van der Waals surface area contributed by atoms with Crippen LogP contribution in [0.4, 0.5) is 0 Å². The SMILES string of the molecule is CCCCOc1cc2c(OC(=O)[C@@]34CC[C@@](C)(C(=O)O3)C4(C)C)ccc(OC(=O)[C@@]34CC[C@@](C)(C(=O)O3)C4(C)C)c2c2c1ccc1c2c2c3c(ccc2n1C)c(OCCCC)cc1c(OC(=O)[C@@]24CC[C@@](C)(C(=O)O2)C4(C)C)ccc(OC(=O)[C@@]24CC[C@@](C)(C(=O)O2)C4(C)C)c13. The molecule has 0 unspecified atom stereocenters. The Labute approximate surface area is 555 Å². The second kappa shape index (κ2) is 19.9. The third-order valence-corrected chi connectivity index (χ3v) is 27.2. The summed E-state index contributed by atoms with van der Waals surface area (Å²) >= 11 is 0. The number of carbonyl (C=O) groups is 8. The molecule has 504 valence electrons. The summed E-state index contributed by atoms with van der Waals surface area (Å²) in [7, 11) is 1.91. The van der Waals surface area contributed by atoms with Gasteiger partial charge in [-0.1, -0.05) is 82.1 Å². The van der Waals surface area contributed by atoms with Crippen LogP contribution in [-0.4, -0.2) is 87.9 Å². The van der Waals surface area contributed by atoms with Crippen molar-refractivity contribution >= 4 is 113 Å². The van der Waals surface area contributed by atoms with Crippen molar-refractivity contribution in [2.75, 3.05) is 13.2 Å². The maximum Gasteiger partial charge on any atom is 0.356 e. The van der Waals surface area contributed by atoms with Gasteiger partial charge < -0.3 is 51.9 Å². The molecule has 19 heteroatoms. The highest BCUT2D eigenvalue weighted by atomic mass is 16.6. The van der Waals surface area contributed by atoms with E-state index in [2.05, 4.69) is 0 Å². The van der Waals surface area contributed by atoms with Gasteiger partial charge in [-0.25, -0.2) is 19.2 Å². The van der Waals surface area contributed by atoms with Gasteiger partial charge in [-0.3, -0.25) is 19.2 Å². The number of rotatable bonds is 16. The zero-order valence-corrected chi connectivity index (χ0v) is 57.5. The van der Waals surface area contributed by atoms with Crippen molar-refractivity contribution in [3.63, 3.8) is 0 Å². The van der Waals surface area contributed by atoms with Crippen LogP contribution < -0.4 is 28.4 Å². The van der Waals surface area contributed by atoms with Gasteiger partial charge in [0.05, 0.1) is 34.9 Å². The molecular formula is C77H83NO18. The predicted octanol–water partition coefficient (Wildman–Crippen LogP) is 14.4. The topological polar surface area (TPSA) is 234 Å². The highest BCUT2D eigenvalue weighted by Crippen LogP contribution is 2.70. The van der Waals surface area contributed by atoms with E-state index in [4.69, 9.17) is 47.4 Å². The molecule has 96 heavy (non-hydrogen) atoms. The van der Waals surface area contributed by atoms with E-state index in [9.17, 15) is 19.2 Å². The van der Waals surface area contributed by atoms with E-state index >= 15 is 19.2 Å². The fraction of sp³-hybridized carbons (Fsp3) is 0.532. The molecule has 4 aliphatic carbocycles. The number of hydrogen-bond acceptors (Lipinski definition) is 18. The Morgan fingerprint density at radius 3 is 0.906 bits per heavy atom. The summed E-state index contributed by atoms with van der Waals surface area (Å²) in [5.74, 6) is -4.26. The minimum atomic E-state index is -1.69. The molecule has 8 fully saturated rings. The number of nitrogens with zero attached hydrogens (tertiary/aromatic N) is 1. The van der Waals surface area contributed by atoms with Crippen molar-refractivity contribution in [1.29, 1.82) is 0 Å². The number of fused-ring (bicyclic) bond motifs is 19. The molecule has 0 N–H and O–H groups in total. The van der Waals surface area contributed by atoms with E-state index in [1.165, 1.54) is 0 Å². The van der Waals surface area contributed by atoms with Crippen LogP contribution in [0.3, 0.4) is 0 Å². The lowest BCUT2D eigenvalue weighted by Gasteiger charge is -2.35. The lowest BCUT2D eigenvalue weighted by atomic mass is 9.66. The highest BCUT2D eigenvalue weighted by molar-refractivity contribution is 6.38. The number of benzene rings is 6. The minimum Gasteiger partial charge on any atom is -0.493 e. The lowest BCUT2D eigenvalue weighted by molar-refractivity contribution is -0.176. The fourth-order valence-electron chi connectivity index (χ4n) is 18.5. The van der Waals surface area contributed by atoms with Gasteiger partial charge in [0.2, 0.25) is 22.4 Å². The van der Waals surface area contributed by atoms with Crippen LogP contribution in [0.25, 0.3) is 64.9 Å². The van der Waals surface area contributed by atoms with Crippen LogP contribution in [0.15, 0.2) is 60.7 Å². The van der Waals surface area contributed by atoms with E-state index in [0.29, 0.717) is 104 Å². The first-order chi connectivity index (χ1) is 45.1. The zero-order valence-electron chi connectivity index (χ0n) is 57.5. The number of unbranched alkanes of at least 4 members (excludes halogenated alkanes) is 2. The predicted molar refractivity (Wildman–Crippen MR) is 354 cm³/mol. The second-order valence-corrected chi connectivity index (χ2v) is 31.7. The summed E-state index contributed by atoms with van der Waals surface area (Å²) in [6.45, 7) is 26.7. The van der Waals surface area contributed by atoms with Crippen molar-refractivity contribution in [2.24, 2.45) is 50.4 Å². The van der Waals surface area contributed by atoms with Crippen LogP contribution in [0.2, 0.25) is 0 Å². The molecule has 0 amide bonds. The first-order valence-corrected chi connectivity index (χ1v) is 34.1. The molecule has 0 spiro atoms. The smallest absolute Gasteiger partial charge is 0.356 e. The number of carbonyl (C=O) groups excluding carboxylic acids is 8. The van der Waals surface area contributed by atoms with Gasteiger partial charge in [-0.05, 0) is 153 Å². The third kappa shape index (κ3) is 7.29. The molecule has 4 aliphatic heterocycles. The van der Waals surface area contributed by atoms with E-state index in [0.717, 1.165) is 12.8 Å². The molecule has 4 saturated heterocycles. The minimum absolute atomic E-state index is 0.0253. The number of hydrogen-bond donors (Lipinski definition) is 0.